The molecule has 0 aliphatic carbocycles. The number of carbonyl (C=O) groups is 1. The summed E-state index contributed by atoms with van der Waals surface area (Å²) in [6.45, 7) is 3.09. The Balaban J connectivity index is 0.000000221. The lowest BCUT2D eigenvalue weighted by Gasteiger charge is -1.98. The van der Waals surface area contributed by atoms with Crippen LogP contribution in [0.2, 0.25) is 0 Å². The fraction of sp³-hybridized carbons (Fsp3) is 0. The normalized spacial score (nSPS) is 9.00. The Hall–Kier alpha value is -2.36. The Labute approximate surface area is 93.6 Å². The van der Waals surface area contributed by atoms with Gasteiger partial charge in [-0.25, -0.2) is 0 Å². The van der Waals surface area contributed by atoms with Crippen LogP contribution in [0.4, 0.5) is 5.69 Å². The fourth-order valence-electron chi connectivity index (χ4n) is 1.15. The lowest BCUT2D eigenvalue weighted by Crippen LogP contribution is -2.04. The van der Waals surface area contributed by atoms with Gasteiger partial charge in [0.05, 0.1) is 0 Å². The highest BCUT2D eigenvalue weighted by Crippen LogP contribution is 2.18. The lowest BCUT2D eigenvalue weighted by molar-refractivity contribution is -0.113. The summed E-state index contributed by atoms with van der Waals surface area (Å²) < 4.78 is 0. The number of pyridine rings is 1. The van der Waals surface area contributed by atoms with Gasteiger partial charge in [0.15, 0.2) is 0 Å². The van der Waals surface area contributed by atoms with Gasteiger partial charge in [-0.15, -0.1) is 0 Å². The Morgan fingerprint density at radius 2 is 2.06 bits per heavy atom. The summed E-state index contributed by atoms with van der Waals surface area (Å²) in [5.41, 5.74) is 11.1. The maximum Gasteiger partial charge on any atom is 0.240 e. The van der Waals surface area contributed by atoms with Gasteiger partial charge in [0.2, 0.25) is 5.91 Å². The zero-order valence-electron chi connectivity index (χ0n) is 8.76. The van der Waals surface area contributed by atoms with Crippen molar-refractivity contribution < 1.29 is 4.79 Å². The van der Waals surface area contributed by atoms with Gasteiger partial charge in [-0.05, 0) is 18.2 Å². The second-order valence-electron chi connectivity index (χ2n) is 3.05. The van der Waals surface area contributed by atoms with Crippen molar-refractivity contribution in [2.75, 3.05) is 5.73 Å². The van der Waals surface area contributed by atoms with E-state index in [1.165, 1.54) is 0 Å². The molecule has 82 valence electrons. The molecule has 1 heterocycles. The molecule has 0 atom stereocenters. The summed E-state index contributed by atoms with van der Waals surface area (Å²) in [6, 6.07) is 7.74. The number of nitrogen functional groups attached to an aromatic ring is 1. The molecule has 4 heteroatoms. The smallest absolute Gasteiger partial charge is 0.240 e. The van der Waals surface area contributed by atoms with Crippen LogP contribution in [0, 0.1) is 0 Å². The molecule has 0 saturated carbocycles. The van der Waals surface area contributed by atoms with Crippen LogP contribution in [-0.4, -0.2) is 10.9 Å². The first-order chi connectivity index (χ1) is 7.65. The van der Waals surface area contributed by atoms with Gasteiger partial charge >= 0.3 is 0 Å². The van der Waals surface area contributed by atoms with Crippen LogP contribution in [0.25, 0.3) is 10.8 Å². The van der Waals surface area contributed by atoms with Crippen molar-refractivity contribution in [3.8, 4) is 0 Å². The molecule has 0 fully saturated rings. The number of primary amides is 1. The van der Waals surface area contributed by atoms with E-state index in [4.69, 9.17) is 5.73 Å². The summed E-state index contributed by atoms with van der Waals surface area (Å²) >= 11 is 0. The number of anilines is 1. The molecule has 0 aliphatic rings. The second kappa shape index (κ2) is 5.50. The Morgan fingerprint density at radius 1 is 1.38 bits per heavy atom. The molecule has 2 rings (SSSR count). The number of amides is 1. The molecule has 0 saturated heterocycles. The predicted molar refractivity (Wildman–Crippen MR) is 65.5 cm³/mol. The second-order valence-corrected chi connectivity index (χ2v) is 3.05. The van der Waals surface area contributed by atoms with Crippen molar-refractivity contribution in [3.63, 3.8) is 0 Å². The molecule has 0 radical (unpaired) electrons. The van der Waals surface area contributed by atoms with Crippen LogP contribution >= 0.6 is 0 Å². The van der Waals surface area contributed by atoms with Gasteiger partial charge in [0.1, 0.15) is 0 Å². The molecule has 1 aromatic heterocycles. The van der Waals surface area contributed by atoms with Crippen molar-refractivity contribution in [2.24, 2.45) is 5.73 Å². The number of hydrogen-bond acceptors (Lipinski definition) is 3. The molecular weight excluding hydrogens is 202 g/mol. The maximum atomic E-state index is 9.47. The van der Waals surface area contributed by atoms with Gasteiger partial charge < -0.3 is 11.5 Å². The zero-order chi connectivity index (χ0) is 12.0. The molecule has 2 aromatic rings. The topological polar surface area (TPSA) is 82.0 Å². The van der Waals surface area contributed by atoms with Crippen molar-refractivity contribution in [2.45, 2.75) is 0 Å². The SMILES string of the molecule is C=CC(N)=O.Nc1cccc2cnccc12. The van der Waals surface area contributed by atoms with Crippen LogP contribution in [0.5, 0.6) is 0 Å². The highest BCUT2D eigenvalue weighted by Gasteiger charge is 1.93. The van der Waals surface area contributed by atoms with E-state index in [0.717, 1.165) is 22.5 Å². The van der Waals surface area contributed by atoms with Crippen LogP contribution in [0.3, 0.4) is 0 Å². The highest BCUT2D eigenvalue weighted by molar-refractivity contribution is 5.91. The molecule has 4 nitrogen and oxygen atoms in total. The number of aromatic nitrogens is 1. The van der Waals surface area contributed by atoms with E-state index < -0.39 is 5.91 Å². The van der Waals surface area contributed by atoms with Crippen molar-refractivity contribution >= 4 is 22.4 Å². The third-order valence-corrected chi connectivity index (χ3v) is 1.92. The third kappa shape index (κ3) is 3.09. The van der Waals surface area contributed by atoms with Crippen LogP contribution in [-0.2, 0) is 4.79 Å². The molecule has 0 aliphatic heterocycles. The monoisotopic (exact) mass is 215 g/mol. The van der Waals surface area contributed by atoms with E-state index in [9.17, 15) is 4.79 Å². The molecule has 4 N–H and O–H groups in total. The van der Waals surface area contributed by atoms with E-state index in [1.807, 2.05) is 30.5 Å². The van der Waals surface area contributed by atoms with Crippen molar-refractivity contribution in [3.05, 3.63) is 49.3 Å². The Kier molecular flexibility index (Phi) is 4.03. The predicted octanol–water partition coefficient (Wildman–Crippen LogP) is 1.47. The molecule has 0 unspecified atom stereocenters. The summed E-state index contributed by atoms with van der Waals surface area (Å²) in [6.07, 6.45) is 4.62. The van der Waals surface area contributed by atoms with Gasteiger partial charge in [-0.3, -0.25) is 9.78 Å². The molecule has 16 heavy (non-hydrogen) atoms. The van der Waals surface area contributed by atoms with E-state index in [0.29, 0.717) is 0 Å². The number of nitrogens with two attached hydrogens (primary N) is 2. The van der Waals surface area contributed by atoms with E-state index >= 15 is 0 Å². The number of hydrogen-bond donors (Lipinski definition) is 2. The number of nitrogens with zero attached hydrogens (tertiary/aromatic N) is 1. The number of rotatable bonds is 1. The lowest BCUT2D eigenvalue weighted by atomic mass is 10.1. The maximum absolute atomic E-state index is 9.47. The van der Waals surface area contributed by atoms with Crippen LogP contribution in [0.15, 0.2) is 49.3 Å². The van der Waals surface area contributed by atoms with E-state index in [2.05, 4.69) is 17.3 Å². The minimum Gasteiger partial charge on any atom is -0.398 e. The largest absolute Gasteiger partial charge is 0.398 e. The minimum absolute atomic E-state index is 0.481. The van der Waals surface area contributed by atoms with Crippen LogP contribution < -0.4 is 11.5 Å². The van der Waals surface area contributed by atoms with Crippen LogP contribution in [0.1, 0.15) is 0 Å². The Morgan fingerprint density at radius 3 is 2.62 bits per heavy atom. The van der Waals surface area contributed by atoms with Gasteiger partial charge in [-0.2, -0.15) is 0 Å². The van der Waals surface area contributed by atoms with Crippen molar-refractivity contribution in [1.82, 2.24) is 4.98 Å². The van der Waals surface area contributed by atoms with E-state index in [-0.39, 0.29) is 0 Å². The van der Waals surface area contributed by atoms with Gasteiger partial charge in [0, 0.05) is 28.9 Å². The molecule has 0 bridgehead atoms. The first-order valence-electron chi connectivity index (χ1n) is 4.65. The summed E-state index contributed by atoms with van der Waals surface area (Å²) in [5, 5.41) is 2.16. The summed E-state index contributed by atoms with van der Waals surface area (Å²) in [4.78, 5) is 13.5. The average molecular weight is 215 g/mol. The number of carbonyl (C=O) groups excluding carboxylic acids is 1. The highest BCUT2D eigenvalue weighted by atomic mass is 16.1. The van der Waals surface area contributed by atoms with E-state index in [1.54, 1.807) is 6.20 Å². The first kappa shape index (κ1) is 11.7. The fourth-order valence-corrected chi connectivity index (χ4v) is 1.15. The number of fused-ring (bicyclic) bond motifs is 1. The van der Waals surface area contributed by atoms with Crippen molar-refractivity contribution in [1.29, 1.82) is 0 Å². The summed E-state index contributed by atoms with van der Waals surface area (Å²) in [5.74, 6) is -0.481. The Bertz CT molecular complexity index is 503. The molecule has 0 spiro atoms. The number of benzene rings is 1. The van der Waals surface area contributed by atoms with Gasteiger partial charge in [-0.1, -0.05) is 18.7 Å². The first-order valence-corrected chi connectivity index (χ1v) is 4.65. The molecular formula is C12H13N3O. The molecule has 1 amide bonds. The summed E-state index contributed by atoms with van der Waals surface area (Å²) in [7, 11) is 0. The molecule has 1 aromatic carbocycles. The minimum atomic E-state index is -0.481. The third-order valence-electron chi connectivity index (χ3n) is 1.92. The van der Waals surface area contributed by atoms with Gasteiger partial charge in [0.25, 0.3) is 0 Å². The standard InChI is InChI=1S/C9H8N2.C3H5NO/c10-9-3-1-2-7-6-11-5-4-8(7)9;1-2-3(4)5/h1-6H,10H2;2H,1H2,(H2,4,5). The zero-order valence-corrected chi connectivity index (χ0v) is 8.76. The quantitative estimate of drug-likeness (QED) is 0.558. The average Bonchev–Trinajstić information content (AvgIpc) is 2.30.